The molecule has 0 saturated carbocycles. The molecule has 0 radical (unpaired) electrons. The maximum absolute atomic E-state index is 11.8. The summed E-state index contributed by atoms with van der Waals surface area (Å²) in [6, 6.07) is 7.14. The minimum absolute atomic E-state index is 0.0898. The Bertz CT molecular complexity index is 383. The molecule has 0 bridgehead atoms. The van der Waals surface area contributed by atoms with E-state index in [1.165, 1.54) is 0 Å². The third-order valence-corrected chi connectivity index (χ3v) is 2.06. The molecule has 0 atom stereocenters. The van der Waals surface area contributed by atoms with E-state index in [2.05, 4.69) is 6.58 Å². The highest BCUT2D eigenvalue weighted by atomic mass is 16.5. The van der Waals surface area contributed by atoms with Crippen molar-refractivity contribution in [1.29, 1.82) is 0 Å². The van der Waals surface area contributed by atoms with Crippen molar-refractivity contribution in [3.05, 3.63) is 42.0 Å². The van der Waals surface area contributed by atoms with Gasteiger partial charge in [0.25, 0.3) is 0 Å². The zero-order valence-electron chi connectivity index (χ0n) is 9.66. The van der Waals surface area contributed by atoms with Crippen molar-refractivity contribution in [1.82, 2.24) is 0 Å². The first kappa shape index (κ1) is 12.5. The summed E-state index contributed by atoms with van der Waals surface area (Å²) >= 11 is 0. The molecule has 0 unspecified atom stereocenters. The Balaban J connectivity index is 2.83. The normalized spacial score (nSPS) is 9.88. The summed E-state index contributed by atoms with van der Waals surface area (Å²) in [6.07, 6.45) is 0. The van der Waals surface area contributed by atoms with Crippen LogP contribution in [-0.2, 0) is 4.74 Å². The summed E-state index contributed by atoms with van der Waals surface area (Å²) in [7, 11) is 1.61. The molecule has 0 aliphatic heterocycles. The largest absolute Gasteiger partial charge is 0.490 e. The van der Waals surface area contributed by atoms with E-state index in [0.717, 1.165) is 0 Å². The Labute approximate surface area is 95.7 Å². The molecular weight excluding hydrogens is 204 g/mol. The Morgan fingerprint density at radius 1 is 1.31 bits per heavy atom. The van der Waals surface area contributed by atoms with Crippen LogP contribution in [-0.4, -0.2) is 26.1 Å². The smallest absolute Gasteiger partial charge is 0.191 e. The van der Waals surface area contributed by atoms with Crippen molar-refractivity contribution in [2.75, 3.05) is 20.3 Å². The van der Waals surface area contributed by atoms with Crippen molar-refractivity contribution in [3.63, 3.8) is 0 Å². The predicted molar refractivity (Wildman–Crippen MR) is 63.0 cm³/mol. The quantitative estimate of drug-likeness (QED) is 0.419. The van der Waals surface area contributed by atoms with E-state index in [1.807, 2.05) is 6.07 Å². The molecule has 0 amide bonds. The first-order valence-electron chi connectivity index (χ1n) is 5.07. The highest BCUT2D eigenvalue weighted by molar-refractivity contribution is 6.09. The molecule has 1 aromatic rings. The van der Waals surface area contributed by atoms with E-state index < -0.39 is 0 Å². The lowest BCUT2D eigenvalue weighted by molar-refractivity contribution is 0.102. The van der Waals surface area contributed by atoms with Crippen LogP contribution in [0.2, 0.25) is 0 Å². The minimum atomic E-state index is -0.0898. The van der Waals surface area contributed by atoms with Gasteiger partial charge in [0.1, 0.15) is 12.4 Å². The second kappa shape index (κ2) is 6.08. The van der Waals surface area contributed by atoms with Gasteiger partial charge in [0.15, 0.2) is 5.78 Å². The van der Waals surface area contributed by atoms with E-state index >= 15 is 0 Å². The molecule has 0 heterocycles. The molecule has 3 heteroatoms. The van der Waals surface area contributed by atoms with Crippen molar-refractivity contribution >= 4 is 5.78 Å². The maximum Gasteiger partial charge on any atom is 0.191 e. The van der Waals surface area contributed by atoms with Crippen LogP contribution in [0.15, 0.2) is 36.4 Å². The van der Waals surface area contributed by atoms with Gasteiger partial charge in [-0.15, -0.1) is 0 Å². The number of para-hydroxylation sites is 1. The Hall–Kier alpha value is -1.61. The topological polar surface area (TPSA) is 35.5 Å². The zero-order chi connectivity index (χ0) is 12.0. The van der Waals surface area contributed by atoms with Gasteiger partial charge in [-0.3, -0.25) is 4.79 Å². The molecule has 0 aliphatic rings. The summed E-state index contributed by atoms with van der Waals surface area (Å²) in [5.41, 5.74) is 1.05. The van der Waals surface area contributed by atoms with Crippen LogP contribution in [0.4, 0.5) is 0 Å². The first-order valence-corrected chi connectivity index (χ1v) is 5.07. The summed E-state index contributed by atoms with van der Waals surface area (Å²) in [5, 5.41) is 0. The van der Waals surface area contributed by atoms with Gasteiger partial charge < -0.3 is 9.47 Å². The van der Waals surface area contributed by atoms with Crippen molar-refractivity contribution in [2.24, 2.45) is 0 Å². The molecule has 0 N–H and O–H groups in total. The molecule has 16 heavy (non-hydrogen) atoms. The minimum Gasteiger partial charge on any atom is -0.490 e. The molecule has 1 rings (SSSR count). The van der Waals surface area contributed by atoms with Gasteiger partial charge in [-0.05, 0) is 24.6 Å². The van der Waals surface area contributed by atoms with Gasteiger partial charge in [0.05, 0.1) is 12.2 Å². The van der Waals surface area contributed by atoms with E-state index in [9.17, 15) is 4.79 Å². The van der Waals surface area contributed by atoms with Crippen LogP contribution in [0.5, 0.6) is 5.75 Å². The highest BCUT2D eigenvalue weighted by Crippen LogP contribution is 2.20. The molecule has 86 valence electrons. The monoisotopic (exact) mass is 220 g/mol. The molecule has 0 aliphatic carbocycles. The van der Waals surface area contributed by atoms with Gasteiger partial charge in [-0.2, -0.15) is 0 Å². The molecular formula is C13H16O3. The second-order valence-corrected chi connectivity index (χ2v) is 3.45. The second-order valence-electron chi connectivity index (χ2n) is 3.45. The van der Waals surface area contributed by atoms with Gasteiger partial charge in [0.2, 0.25) is 0 Å². The van der Waals surface area contributed by atoms with Crippen LogP contribution in [0.25, 0.3) is 0 Å². The number of methoxy groups -OCH3 is 1. The number of carbonyl (C=O) groups excluding carboxylic acids is 1. The number of carbonyl (C=O) groups is 1. The predicted octanol–water partition coefficient (Wildman–Crippen LogP) is 2.47. The number of rotatable bonds is 6. The van der Waals surface area contributed by atoms with Gasteiger partial charge >= 0.3 is 0 Å². The molecule has 3 nitrogen and oxygen atoms in total. The molecule has 1 aromatic carbocycles. The number of ether oxygens (including phenoxy) is 2. The van der Waals surface area contributed by atoms with Crippen LogP contribution in [0, 0.1) is 0 Å². The zero-order valence-corrected chi connectivity index (χ0v) is 9.66. The maximum atomic E-state index is 11.8. The van der Waals surface area contributed by atoms with Crippen LogP contribution in [0.3, 0.4) is 0 Å². The lowest BCUT2D eigenvalue weighted by Crippen LogP contribution is -2.08. The standard InChI is InChI=1S/C13H16O3/c1-10(2)13(14)11-6-4-5-7-12(11)16-9-8-15-3/h4-7H,1,8-9H2,2-3H3. The Kier molecular flexibility index (Phi) is 4.73. The average Bonchev–Trinajstić information content (AvgIpc) is 2.29. The molecule has 0 aromatic heterocycles. The fourth-order valence-corrected chi connectivity index (χ4v) is 1.24. The molecule has 0 saturated heterocycles. The van der Waals surface area contributed by atoms with Gasteiger partial charge in [0, 0.05) is 7.11 Å². The summed E-state index contributed by atoms with van der Waals surface area (Å²) in [4.78, 5) is 11.8. The van der Waals surface area contributed by atoms with E-state index in [0.29, 0.717) is 30.1 Å². The number of hydrogen-bond acceptors (Lipinski definition) is 3. The average molecular weight is 220 g/mol. The summed E-state index contributed by atoms with van der Waals surface area (Å²) < 4.78 is 10.3. The number of benzene rings is 1. The van der Waals surface area contributed by atoms with Crippen LogP contribution < -0.4 is 4.74 Å². The van der Waals surface area contributed by atoms with Crippen molar-refractivity contribution in [3.8, 4) is 5.75 Å². The lowest BCUT2D eigenvalue weighted by Gasteiger charge is -2.10. The number of hydrogen-bond donors (Lipinski definition) is 0. The van der Waals surface area contributed by atoms with E-state index in [4.69, 9.17) is 9.47 Å². The van der Waals surface area contributed by atoms with Crippen molar-refractivity contribution < 1.29 is 14.3 Å². The highest BCUT2D eigenvalue weighted by Gasteiger charge is 2.12. The SMILES string of the molecule is C=C(C)C(=O)c1ccccc1OCCOC. The first-order chi connectivity index (χ1) is 7.66. The van der Waals surface area contributed by atoms with E-state index in [1.54, 1.807) is 32.2 Å². The number of Topliss-reactive ketones (excluding diaryl/α,β-unsaturated/α-hetero) is 1. The fourth-order valence-electron chi connectivity index (χ4n) is 1.24. The molecule has 0 spiro atoms. The number of allylic oxidation sites excluding steroid dienone is 1. The fraction of sp³-hybridized carbons (Fsp3) is 0.308. The van der Waals surface area contributed by atoms with Crippen molar-refractivity contribution in [2.45, 2.75) is 6.92 Å². The Morgan fingerprint density at radius 3 is 2.62 bits per heavy atom. The third-order valence-electron chi connectivity index (χ3n) is 2.06. The van der Waals surface area contributed by atoms with Gasteiger partial charge in [-0.1, -0.05) is 18.7 Å². The lowest BCUT2D eigenvalue weighted by atomic mass is 10.1. The van der Waals surface area contributed by atoms with E-state index in [-0.39, 0.29) is 5.78 Å². The Morgan fingerprint density at radius 2 is 2.00 bits per heavy atom. The van der Waals surface area contributed by atoms with Crippen LogP contribution >= 0.6 is 0 Å². The summed E-state index contributed by atoms with van der Waals surface area (Å²) in [6.45, 7) is 6.25. The summed E-state index contributed by atoms with van der Waals surface area (Å²) in [5.74, 6) is 0.487. The van der Waals surface area contributed by atoms with Crippen LogP contribution in [0.1, 0.15) is 17.3 Å². The third kappa shape index (κ3) is 3.21. The molecule has 0 fully saturated rings. The van der Waals surface area contributed by atoms with Gasteiger partial charge in [-0.25, -0.2) is 0 Å². The number of ketones is 1.